The van der Waals surface area contributed by atoms with E-state index in [1.165, 1.54) is 0 Å². The van der Waals surface area contributed by atoms with Gasteiger partial charge in [0, 0.05) is 5.25 Å². The first kappa shape index (κ1) is 22.8. The third kappa shape index (κ3) is 9.34. The summed E-state index contributed by atoms with van der Waals surface area (Å²) in [5, 5.41) is 14.9. The van der Waals surface area contributed by atoms with Crippen molar-refractivity contribution in [3.63, 3.8) is 0 Å². The van der Waals surface area contributed by atoms with Gasteiger partial charge in [-0.25, -0.2) is 4.79 Å². The number of carbonyl (C=O) groups excluding carboxylic acids is 2. The molecular weight excluding hydrogens is 362 g/mol. The molecule has 2 N–H and O–H groups in total. The molecule has 6 nitrogen and oxygen atoms in total. The van der Waals surface area contributed by atoms with Gasteiger partial charge < -0.3 is 15.4 Å². The van der Waals surface area contributed by atoms with Gasteiger partial charge in [-0.1, -0.05) is 51.1 Å². The summed E-state index contributed by atoms with van der Waals surface area (Å²) >= 11 is 1.64. The van der Waals surface area contributed by atoms with Gasteiger partial charge in [-0.15, -0.1) is 0 Å². The number of thioether (sulfide) groups is 1. The van der Waals surface area contributed by atoms with E-state index < -0.39 is 18.2 Å². The second-order valence-corrected chi connectivity index (χ2v) is 8.14. The van der Waals surface area contributed by atoms with Crippen LogP contribution in [-0.4, -0.2) is 35.6 Å². The number of benzene rings is 1. The molecule has 0 saturated heterocycles. The van der Waals surface area contributed by atoms with Crippen molar-refractivity contribution in [2.24, 2.45) is 5.92 Å². The molecule has 1 rings (SSSR count). The largest absolute Gasteiger partial charge is 0.445 e. The average molecular weight is 392 g/mol. The highest BCUT2D eigenvalue weighted by Crippen LogP contribution is 2.13. The van der Waals surface area contributed by atoms with Crippen molar-refractivity contribution in [3.8, 4) is 6.07 Å². The number of hydrogen-bond acceptors (Lipinski definition) is 5. The molecule has 3 atom stereocenters. The van der Waals surface area contributed by atoms with Crippen molar-refractivity contribution < 1.29 is 14.3 Å². The van der Waals surface area contributed by atoms with Gasteiger partial charge in [0.25, 0.3) is 0 Å². The fourth-order valence-electron chi connectivity index (χ4n) is 2.45. The predicted molar refractivity (Wildman–Crippen MR) is 108 cm³/mol. The average Bonchev–Trinajstić information content (AvgIpc) is 2.65. The monoisotopic (exact) mass is 391 g/mol. The first-order valence-corrected chi connectivity index (χ1v) is 10.3. The molecule has 0 heterocycles. The minimum atomic E-state index is -0.742. The number of amides is 2. The number of hydrogen-bond donors (Lipinski definition) is 2. The standard InChI is InChI=1S/C20H29N3O3S/c1-14(2)10-18(19(24)22-17(12-21)11-15(3)27-4)23-20(25)26-13-16-8-6-5-7-9-16/h5-9,14-15,17-18H,10-11,13H2,1-4H3,(H,22,24)(H,23,25)/t15?,17?,18-/m0/s1. The number of rotatable bonds is 10. The number of nitrogens with zero attached hydrogens (tertiary/aromatic N) is 1. The van der Waals surface area contributed by atoms with Crippen molar-refractivity contribution in [2.45, 2.75) is 57.6 Å². The second kappa shape index (κ2) is 12.2. The summed E-state index contributed by atoms with van der Waals surface area (Å²) in [7, 11) is 0. The first-order chi connectivity index (χ1) is 12.8. The fourth-order valence-corrected chi connectivity index (χ4v) is 2.84. The van der Waals surface area contributed by atoms with Crippen LogP contribution in [0.5, 0.6) is 0 Å². The minimum Gasteiger partial charge on any atom is -0.445 e. The van der Waals surface area contributed by atoms with E-state index in [1.807, 2.05) is 57.4 Å². The Kier molecular flexibility index (Phi) is 10.3. The van der Waals surface area contributed by atoms with E-state index in [4.69, 9.17) is 4.74 Å². The highest BCUT2D eigenvalue weighted by Gasteiger charge is 2.25. The topological polar surface area (TPSA) is 91.2 Å². The lowest BCUT2D eigenvalue weighted by atomic mass is 10.0. The molecule has 1 aromatic rings. The fraction of sp³-hybridized carbons (Fsp3) is 0.550. The highest BCUT2D eigenvalue weighted by molar-refractivity contribution is 7.99. The van der Waals surface area contributed by atoms with E-state index >= 15 is 0 Å². The van der Waals surface area contributed by atoms with Crippen LogP contribution in [0, 0.1) is 17.2 Å². The number of nitriles is 1. The summed E-state index contributed by atoms with van der Waals surface area (Å²) in [6.45, 7) is 6.07. The zero-order valence-corrected chi connectivity index (χ0v) is 17.2. The van der Waals surface area contributed by atoms with Crippen LogP contribution in [0.3, 0.4) is 0 Å². The third-order valence-electron chi connectivity index (χ3n) is 3.97. The molecule has 1 aromatic carbocycles. The van der Waals surface area contributed by atoms with Crippen LogP contribution < -0.4 is 10.6 Å². The zero-order chi connectivity index (χ0) is 20.2. The molecule has 148 valence electrons. The van der Waals surface area contributed by atoms with Gasteiger partial charge in [0.15, 0.2) is 0 Å². The maximum Gasteiger partial charge on any atom is 0.408 e. The molecule has 0 radical (unpaired) electrons. The Bertz CT molecular complexity index is 631. The van der Waals surface area contributed by atoms with Crippen molar-refractivity contribution in [2.75, 3.05) is 6.26 Å². The second-order valence-electron chi connectivity index (χ2n) is 6.86. The molecule has 0 aromatic heterocycles. The smallest absolute Gasteiger partial charge is 0.408 e. The predicted octanol–water partition coefficient (Wildman–Crippen LogP) is 3.48. The Labute approximate surface area is 166 Å². The van der Waals surface area contributed by atoms with Crippen LogP contribution in [0.2, 0.25) is 0 Å². The lowest BCUT2D eigenvalue weighted by molar-refractivity contribution is -0.123. The number of carbonyl (C=O) groups is 2. The van der Waals surface area contributed by atoms with E-state index in [0.717, 1.165) is 5.56 Å². The number of nitrogens with one attached hydrogen (secondary N) is 2. The molecule has 0 aliphatic heterocycles. The van der Waals surface area contributed by atoms with E-state index in [2.05, 4.69) is 16.7 Å². The Morgan fingerprint density at radius 3 is 2.37 bits per heavy atom. The zero-order valence-electron chi connectivity index (χ0n) is 16.4. The maximum absolute atomic E-state index is 12.6. The molecule has 0 saturated carbocycles. The summed E-state index contributed by atoms with van der Waals surface area (Å²) < 4.78 is 5.21. The van der Waals surface area contributed by atoms with Gasteiger partial charge in [0.05, 0.1) is 6.07 Å². The van der Waals surface area contributed by atoms with Crippen molar-refractivity contribution >= 4 is 23.8 Å². The summed E-state index contributed by atoms with van der Waals surface area (Å²) in [6.07, 6.45) is 2.33. The Balaban J connectivity index is 2.63. The molecule has 27 heavy (non-hydrogen) atoms. The van der Waals surface area contributed by atoms with E-state index in [1.54, 1.807) is 11.8 Å². The summed E-state index contributed by atoms with van der Waals surface area (Å²) in [6, 6.07) is 10.1. The van der Waals surface area contributed by atoms with Crippen LogP contribution >= 0.6 is 11.8 Å². The van der Waals surface area contributed by atoms with Crippen molar-refractivity contribution in [3.05, 3.63) is 35.9 Å². The molecule has 0 aliphatic rings. The van der Waals surface area contributed by atoms with Crippen molar-refractivity contribution in [1.82, 2.24) is 10.6 Å². The van der Waals surface area contributed by atoms with Gasteiger partial charge in [0.1, 0.15) is 18.7 Å². The lowest BCUT2D eigenvalue weighted by Gasteiger charge is -2.22. The van der Waals surface area contributed by atoms with Crippen LogP contribution in [0.1, 0.15) is 39.2 Å². The lowest BCUT2D eigenvalue weighted by Crippen LogP contribution is -2.50. The molecule has 7 heteroatoms. The Hall–Kier alpha value is -2.20. The SMILES string of the molecule is CSC(C)CC(C#N)NC(=O)[C@H](CC(C)C)NC(=O)OCc1ccccc1. The molecule has 0 fully saturated rings. The van der Waals surface area contributed by atoms with Crippen LogP contribution in [0.4, 0.5) is 4.79 Å². The first-order valence-electron chi connectivity index (χ1n) is 9.05. The number of ether oxygens (including phenoxy) is 1. The Morgan fingerprint density at radius 2 is 1.81 bits per heavy atom. The third-order valence-corrected chi connectivity index (χ3v) is 4.97. The van der Waals surface area contributed by atoms with Crippen LogP contribution in [0.15, 0.2) is 30.3 Å². The summed E-state index contributed by atoms with van der Waals surface area (Å²) in [5.41, 5.74) is 0.869. The van der Waals surface area contributed by atoms with E-state index in [-0.39, 0.29) is 23.7 Å². The van der Waals surface area contributed by atoms with Gasteiger partial charge in [-0.2, -0.15) is 17.0 Å². The summed E-state index contributed by atoms with van der Waals surface area (Å²) in [5.74, 6) is -0.166. The van der Waals surface area contributed by atoms with Gasteiger partial charge >= 0.3 is 6.09 Å². The van der Waals surface area contributed by atoms with Crippen molar-refractivity contribution in [1.29, 1.82) is 5.26 Å². The van der Waals surface area contributed by atoms with Crippen LogP contribution in [0.25, 0.3) is 0 Å². The normalized spacial score (nSPS) is 13.9. The quantitative estimate of drug-likeness (QED) is 0.637. The highest BCUT2D eigenvalue weighted by atomic mass is 32.2. The molecule has 0 bridgehead atoms. The molecular formula is C20H29N3O3S. The van der Waals surface area contributed by atoms with E-state index in [9.17, 15) is 14.9 Å². The van der Waals surface area contributed by atoms with Gasteiger partial charge in [-0.05, 0) is 30.6 Å². The summed E-state index contributed by atoms with van der Waals surface area (Å²) in [4.78, 5) is 24.7. The molecule has 0 aliphatic carbocycles. The van der Waals surface area contributed by atoms with E-state index in [0.29, 0.717) is 12.8 Å². The minimum absolute atomic E-state index is 0.134. The van der Waals surface area contributed by atoms with Crippen LogP contribution in [-0.2, 0) is 16.1 Å². The maximum atomic E-state index is 12.6. The molecule has 0 spiro atoms. The van der Waals surface area contributed by atoms with Gasteiger partial charge in [-0.3, -0.25) is 4.79 Å². The molecule has 2 unspecified atom stereocenters. The molecule has 2 amide bonds. The number of alkyl carbamates (subject to hydrolysis) is 1. The van der Waals surface area contributed by atoms with Gasteiger partial charge in [0.2, 0.25) is 5.91 Å². The Morgan fingerprint density at radius 1 is 1.15 bits per heavy atom.